The molecule has 1 saturated heterocycles. The molecule has 1 N–H and O–H groups in total. The van der Waals surface area contributed by atoms with Gasteiger partial charge in [0.05, 0.1) is 26.1 Å². The summed E-state index contributed by atoms with van der Waals surface area (Å²) in [5, 5.41) is 20.8. The zero-order valence-electron chi connectivity index (χ0n) is 11.3. The van der Waals surface area contributed by atoms with E-state index in [4.69, 9.17) is 0 Å². The summed E-state index contributed by atoms with van der Waals surface area (Å²) in [5.74, 6) is -0.774. The molecule has 0 spiro atoms. The van der Waals surface area contributed by atoms with Crippen LogP contribution in [-0.2, 0) is 11.2 Å². The predicted octanol–water partition coefficient (Wildman–Crippen LogP) is 0.684. The molecule has 4 heteroatoms. The number of rotatable bonds is 4. The standard InChI is InChI=1S/C15H21NO3/c1-16(9-3-2-4-10-16)14(15(18)19)11-12-5-7-13(17)8-6-12/h5-8,14H,2-4,9-11H2,1H3,(H-,17,18,19)/t14-/m1/s1. The van der Waals surface area contributed by atoms with Crippen LogP contribution in [0.5, 0.6) is 5.75 Å². The number of likely N-dealkylation sites (tertiary alicyclic amines) is 1. The fourth-order valence-corrected chi connectivity index (χ4v) is 2.96. The lowest BCUT2D eigenvalue weighted by Gasteiger charge is -2.44. The maximum Gasteiger partial charge on any atom is 0.133 e. The summed E-state index contributed by atoms with van der Waals surface area (Å²) in [7, 11) is 2.01. The van der Waals surface area contributed by atoms with Crippen LogP contribution in [-0.4, -0.2) is 41.7 Å². The van der Waals surface area contributed by atoms with Gasteiger partial charge in [-0.15, -0.1) is 0 Å². The van der Waals surface area contributed by atoms with Gasteiger partial charge in [-0.05, 0) is 37.0 Å². The van der Waals surface area contributed by atoms with Crippen molar-refractivity contribution >= 4 is 5.97 Å². The van der Waals surface area contributed by atoms with Crippen LogP contribution in [0.15, 0.2) is 24.3 Å². The number of likely N-dealkylation sites (N-methyl/N-ethyl adjacent to an activating group) is 1. The Balaban J connectivity index is 2.16. The molecule has 1 aromatic carbocycles. The molecule has 104 valence electrons. The van der Waals surface area contributed by atoms with Crippen molar-refractivity contribution in [2.24, 2.45) is 0 Å². The van der Waals surface area contributed by atoms with Gasteiger partial charge in [0.1, 0.15) is 11.8 Å². The monoisotopic (exact) mass is 263 g/mol. The van der Waals surface area contributed by atoms with E-state index in [1.807, 2.05) is 7.05 Å². The van der Waals surface area contributed by atoms with Crippen molar-refractivity contribution < 1.29 is 19.5 Å². The molecule has 0 aliphatic carbocycles. The molecule has 1 aliphatic heterocycles. The second-order valence-electron chi connectivity index (χ2n) is 5.69. The van der Waals surface area contributed by atoms with Crippen molar-refractivity contribution in [3.05, 3.63) is 29.8 Å². The lowest BCUT2D eigenvalue weighted by molar-refractivity contribution is -0.931. The normalized spacial score (nSPS) is 19.8. The quantitative estimate of drug-likeness (QED) is 0.813. The number of aromatic hydroxyl groups is 1. The first-order valence-corrected chi connectivity index (χ1v) is 6.84. The van der Waals surface area contributed by atoms with Gasteiger partial charge < -0.3 is 19.5 Å². The summed E-state index contributed by atoms with van der Waals surface area (Å²) < 4.78 is 0.559. The van der Waals surface area contributed by atoms with E-state index in [0.717, 1.165) is 31.5 Å². The van der Waals surface area contributed by atoms with Crippen LogP contribution >= 0.6 is 0 Å². The molecule has 0 bridgehead atoms. The number of aliphatic carboxylic acids is 1. The number of carboxylic acids is 1. The van der Waals surface area contributed by atoms with Crippen molar-refractivity contribution in [2.75, 3.05) is 20.1 Å². The summed E-state index contributed by atoms with van der Waals surface area (Å²) in [6, 6.07) is 6.24. The molecule has 19 heavy (non-hydrogen) atoms. The van der Waals surface area contributed by atoms with Crippen LogP contribution in [0.2, 0.25) is 0 Å². The number of hydrogen-bond donors (Lipinski definition) is 1. The molecule has 4 nitrogen and oxygen atoms in total. The van der Waals surface area contributed by atoms with E-state index in [1.165, 1.54) is 6.42 Å². The molecular formula is C15H21NO3. The lowest BCUT2D eigenvalue weighted by Crippen LogP contribution is -2.62. The average Bonchev–Trinajstić information content (AvgIpc) is 2.38. The highest BCUT2D eigenvalue weighted by Gasteiger charge is 2.35. The second kappa shape index (κ2) is 5.61. The lowest BCUT2D eigenvalue weighted by atomic mass is 9.98. The third-order valence-corrected chi connectivity index (χ3v) is 4.23. The number of carboxylic acid groups (broad SMARTS) is 1. The highest BCUT2D eigenvalue weighted by Crippen LogP contribution is 2.23. The number of hydrogen-bond acceptors (Lipinski definition) is 3. The van der Waals surface area contributed by atoms with Crippen LogP contribution < -0.4 is 5.11 Å². The number of phenols is 1. The van der Waals surface area contributed by atoms with E-state index < -0.39 is 12.0 Å². The summed E-state index contributed by atoms with van der Waals surface area (Å²) in [4.78, 5) is 11.5. The first-order valence-electron chi connectivity index (χ1n) is 6.84. The maximum atomic E-state index is 11.5. The number of piperidine rings is 1. The van der Waals surface area contributed by atoms with E-state index in [9.17, 15) is 15.0 Å². The number of carbonyl (C=O) groups is 1. The molecule has 2 rings (SSSR count). The Morgan fingerprint density at radius 2 is 1.84 bits per heavy atom. The Kier molecular flexibility index (Phi) is 4.10. The molecule has 1 fully saturated rings. The van der Waals surface area contributed by atoms with Crippen LogP contribution in [0.1, 0.15) is 24.8 Å². The highest BCUT2D eigenvalue weighted by atomic mass is 16.4. The van der Waals surface area contributed by atoms with Crippen molar-refractivity contribution in [3.63, 3.8) is 0 Å². The van der Waals surface area contributed by atoms with Crippen LogP contribution in [0.25, 0.3) is 0 Å². The largest absolute Gasteiger partial charge is 0.544 e. The van der Waals surface area contributed by atoms with Gasteiger partial charge in [0.2, 0.25) is 0 Å². The van der Waals surface area contributed by atoms with Crippen LogP contribution in [0, 0.1) is 0 Å². The summed E-state index contributed by atoms with van der Waals surface area (Å²) in [6.45, 7) is 1.80. The number of benzene rings is 1. The topological polar surface area (TPSA) is 60.4 Å². The van der Waals surface area contributed by atoms with E-state index in [0.29, 0.717) is 10.9 Å². The highest BCUT2D eigenvalue weighted by molar-refractivity contribution is 5.70. The van der Waals surface area contributed by atoms with Gasteiger partial charge in [0.15, 0.2) is 0 Å². The molecule has 1 aromatic rings. The van der Waals surface area contributed by atoms with Crippen molar-refractivity contribution in [3.8, 4) is 5.75 Å². The van der Waals surface area contributed by atoms with E-state index in [2.05, 4.69) is 0 Å². The van der Waals surface area contributed by atoms with Crippen LogP contribution in [0.4, 0.5) is 0 Å². The zero-order chi connectivity index (χ0) is 13.9. The minimum Gasteiger partial charge on any atom is -0.544 e. The van der Waals surface area contributed by atoms with Gasteiger partial charge in [-0.25, -0.2) is 0 Å². The molecule has 0 unspecified atom stereocenters. The first-order chi connectivity index (χ1) is 9.01. The Morgan fingerprint density at radius 3 is 2.37 bits per heavy atom. The summed E-state index contributed by atoms with van der Waals surface area (Å²) in [5.41, 5.74) is 0.928. The molecule has 0 radical (unpaired) electrons. The zero-order valence-corrected chi connectivity index (χ0v) is 11.3. The molecular weight excluding hydrogens is 242 g/mol. The number of phenolic OH excluding ortho intramolecular Hbond substituents is 1. The predicted molar refractivity (Wildman–Crippen MR) is 70.4 cm³/mol. The second-order valence-corrected chi connectivity index (χ2v) is 5.69. The Morgan fingerprint density at radius 1 is 1.26 bits per heavy atom. The molecule has 1 atom stereocenters. The van der Waals surface area contributed by atoms with Gasteiger partial charge >= 0.3 is 0 Å². The Bertz CT molecular complexity index is 435. The molecule has 1 aliphatic rings. The number of nitrogens with zero attached hydrogens (tertiary/aromatic N) is 1. The first kappa shape index (κ1) is 13.9. The van der Waals surface area contributed by atoms with Gasteiger partial charge in [0.25, 0.3) is 0 Å². The fraction of sp³-hybridized carbons (Fsp3) is 0.533. The smallest absolute Gasteiger partial charge is 0.133 e. The van der Waals surface area contributed by atoms with Crippen molar-refractivity contribution in [2.45, 2.75) is 31.7 Å². The number of carbonyl (C=O) groups excluding carboxylic acids is 1. The fourth-order valence-electron chi connectivity index (χ4n) is 2.96. The van der Waals surface area contributed by atoms with Gasteiger partial charge in [-0.2, -0.15) is 0 Å². The minimum absolute atomic E-state index is 0.201. The Labute approximate surface area is 113 Å². The van der Waals surface area contributed by atoms with Crippen LogP contribution in [0.3, 0.4) is 0 Å². The van der Waals surface area contributed by atoms with E-state index >= 15 is 0 Å². The third-order valence-electron chi connectivity index (χ3n) is 4.23. The third kappa shape index (κ3) is 3.26. The average molecular weight is 263 g/mol. The minimum atomic E-state index is -0.975. The van der Waals surface area contributed by atoms with Gasteiger partial charge in [-0.1, -0.05) is 12.1 Å². The van der Waals surface area contributed by atoms with E-state index in [1.54, 1.807) is 24.3 Å². The molecule has 0 amide bonds. The summed E-state index contributed by atoms with van der Waals surface area (Å²) >= 11 is 0. The maximum absolute atomic E-state index is 11.5. The molecule has 0 aromatic heterocycles. The van der Waals surface area contributed by atoms with Gasteiger partial charge in [-0.3, -0.25) is 0 Å². The van der Waals surface area contributed by atoms with Crippen molar-refractivity contribution in [1.82, 2.24) is 0 Å². The SMILES string of the molecule is C[N+]1([C@H](Cc2ccc(O)cc2)C(=O)[O-])CCCCC1. The van der Waals surface area contributed by atoms with E-state index in [-0.39, 0.29) is 5.75 Å². The molecule has 1 heterocycles. The Hall–Kier alpha value is -1.55. The van der Waals surface area contributed by atoms with Gasteiger partial charge in [0, 0.05) is 6.42 Å². The number of quaternary nitrogens is 1. The molecule has 0 saturated carbocycles. The van der Waals surface area contributed by atoms with Crippen molar-refractivity contribution in [1.29, 1.82) is 0 Å². The summed E-state index contributed by atoms with van der Waals surface area (Å²) in [6.07, 6.45) is 3.80.